The van der Waals surface area contributed by atoms with Gasteiger partial charge in [-0.05, 0) is 37.8 Å². The Morgan fingerprint density at radius 1 is 1.40 bits per heavy atom. The summed E-state index contributed by atoms with van der Waals surface area (Å²) in [5.41, 5.74) is 1.81. The Labute approximate surface area is 120 Å². The lowest BCUT2D eigenvalue weighted by Crippen LogP contribution is -2.24. The highest BCUT2D eigenvalue weighted by Crippen LogP contribution is 2.17. The molecule has 0 unspecified atom stereocenters. The van der Waals surface area contributed by atoms with Crippen LogP contribution in [-0.4, -0.2) is 24.0 Å². The number of hydrogen-bond donors (Lipinski definition) is 1. The van der Waals surface area contributed by atoms with Gasteiger partial charge in [-0.1, -0.05) is 19.1 Å². The first kappa shape index (κ1) is 14.6. The van der Waals surface area contributed by atoms with Gasteiger partial charge in [-0.15, -0.1) is 0 Å². The molecular formula is C16H23N3O. The van der Waals surface area contributed by atoms with Gasteiger partial charge in [-0.25, -0.2) is 4.98 Å². The van der Waals surface area contributed by atoms with Crippen LogP contribution in [0.2, 0.25) is 0 Å². The lowest BCUT2D eigenvalue weighted by Gasteiger charge is -2.16. The second-order valence-corrected chi connectivity index (χ2v) is 5.20. The van der Waals surface area contributed by atoms with Crippen LogP contribution in [0.25, 0.3) is 0 Å². The number of aromatic nitrogens is 1. The summed E-state index contributed by atoms with van der Waals surface area (Å²) in [4.78, 5) is 18.6. The van der Waals surface area contributed by atoms with Crippen LogP contribution in [0.4, 0.5) is 5.82 Å². The van der Waals surface area contributed by atoms with Gasteiger partial charge >= 0.3 is 0 Å². The fourth-order valence-electron chi connectivity index (χ4n) is 2.38. The van der Waals surface area contributed by atoms with Gasteiger partial charge in [0.05, 0.1) is 0 Å². The highest BCUT2D eigenvalue weighted by molar-refractivity contribution is 5.92. The molecule has 2 rings (SSSR count). The van der Waals surface area contributed by atoms with Crippen molar-refractivity contribution in [3.63, 3.8) is 0 Å². The van der Waals surface area contributed by atoms with E-state index in [0.717, 1.165) is 36.5 Å². The summed E-state index contributed by atoms with van der Waals surface area (Å²) in [6.07, 6.45) is 7.17. The molecular weight excluding hydrogens is 250 g/mol. The molecule has 4 heteroatoms. The fraction of sp³-hybridized carbons (Fsp3) is 0.500. The molecule has 1 aromatic rings. The lowest BCUT2D eigenvalue weighted by molar-refractivity contribution is -0.117. The average Bonchev–Trinajstić information content (AvgIpc) is 2.99. The molecule has 0 aromatic carbocycles. The van der Waals surface area contributed by atoms with Crippen LogP contribution in [0.1, 0.15) is 38.7 Å². The van der Waals surface area contributed by atoms with Crippen molar-refractivity contribution in [2.75, 3.05) is 18.0 Å². The van der Waals surface area contributed by atoms with E-state index in [1.165, 1.54) is 12.8 Å². The van der Waals surface area contributed by atoms with Gasteiger partial charge in [0.25, 0.3) is 0 Å². The van der Waals surface area contributed by atoms with Gasteiger partial charge in [0.1, 0.15) is 5.82 Å². The average molecular weight is 273 g/mol. The number of hydrogen-bond acceptors (Lipinski definition) is 3. The highest BCUT2D eigenvalue weighted by atomic mass is 16.1. The number of allylic oxidation sites excluding steroid dienone is 1. The van der Waals surface area contributed by atoms with Gasteiger partial charge < -0.3 is 10.2 Å². The molecule has 1 saturated heterocycles. The number of nitrogens with one attached hydrogen (secondary N) is 1. The van der Waals surface area contributed by atoms with Gasteiger partial charge in [0, 0.05) is 31.4 Å². The molecule has 20 heavy (non-hydrogen) atoms. The van der Waals surface area contributed by atoms with Crippen molar-refractivity contribution >= 4 is 11.7 Å². The first-order valence-corrected chi connectivity index (χ1v) is 7.35. The van der Waals surface area contributed by atoms with E-state index in [2.05, 4.69) is 15.2 Å². The summed E-state index contributed by atoms with van der Waals surface area (Å²) >= 11 is 0. The van der Waals surface area contributed by atoms with Crippen molar-refractivity contribution in [1.82, 2.24) is 10.3 Å². The molecule has 1 fully saturated rings. The molecule has 0 aliphatic carbocycles. The van der Waals surface area contributed by atoms with Gasteiger partial charge in [-0.2, -0.15) is 0 Å². The summed E-state index contributed by atoms with van der Waals surface area (Å²) in [5, 5.41) is 2.91. The van der Waals surface area contributed by atoms with Crippen LogP contribution in [0.5, 0.6) is 0 Å². The maximum Gasteiger partial charge on any atom is 0.246 e. The molecule has 1 aliphatic rings. The number of carbonyl (C=O) groups excluding carboxylic acids is 1. The zero-order valence-electron chi connectivity index (χ0n) is 12.4. The Hall–Kier alpha value is -1.84. The monoisotopic (exact) mass is 273 g/mol. The molecule has 4 nitrogen and oxygen atoms in total. The van der Waals surface area contributed by atoms with E-state index in [-0.39, 0.29) is 5.91 Å². The molecule has 0 radical (unpaired) electrons. The fourth-order valence-corrected chi connectivity index (χ4v) is 2.38. The quantitative estimate of drug-likeness (QED) is 0.839. The molecule has 108 valence electrons. The van der Waals surface area contributed by atoms with Crippen LogP contribution < -0.4 is 10.2 Å². The second kappa shape index (κ2) is 7.08. The van der Waals surface area contributed by atoms with Crippen molar-refractivity contribution in [2.45, 2.75) is 39.7 Å². The van der Waals surface area contributed by atoms with E-state index in [1.807, 2.05) is 38.3 Å². The van der Waals surface area contributed by atoms with Gasteiger partial charge in [0.2, 0.25) is 5.91 Å². The van der Waals surface area contributed by atoms with E-state index < -0.39 is 0 Å². The minimum atomic E-state index is -0.00419. The molecule has 1 aliphatic heterocycles. The van der Waals surface area contributed by atoms with Crippen molar-refractivity contribution in [1.29, 1.82) is 0 Å². The molecule has 2 heterocycles. The zero-order valence-corrected chi connectivity index (χ0v) is 12.4. The number of nitrogens with zero attached hydrogens (tertiary/aromatic N) is 2. The summed E-state index contributed by atoms with van der Waals surface area (Å²) in [6.45, 7) is 6.60. The Kier molecular flexibility index (Phi) is 5.16. The van der Waals surface area contributed by atoms with Crippen LogP contribution in [0, 0.1) is 0 Å². The minimum Gasteiger partial charge on any atom is -0.357 e. The van der Waals surface area contributed by atoms with Crippen molar-refractivity contribution in [3.05, 3.63) is 35.5 Å². The second-order valence-electron chi connectivity index (χ2n) is 5.20. The first-order valence-electron chi connectivity index (χ1n) is 7.35. The maximum atomic E-state index is 11.8. The molecule has 0 atom stereocenters. The standard InChI is InChI=1S/C16H23N3O/c1-3-6-13(2)16(20)18-12-14-7-8-15(17-11-14)19-9-4-5-10-19/h6-8,11H,3-5,9-10,12H2,1-2H3,(H,18,20)/b13-6-. The number of amides is 1. The summed E-state index contributed by atoms with van der Waals surface area (Å²) in [7, 11) is 0. The Morgan fingerprint density at radius 3 is 2.75 bits per heavy atom. The molecule has 1 N–H and O–H groups in total. The minimum absolute atomic E-state index is 0.00419. The third-order valence-electron chi connectivity index (χ3n) is 3.56. The Morgan fingerprint density at radius 2 is 2.15 bits per heavy atom. The Balaban J connectivity index is 1.87. The normalized spacial score (nSPS) is 15.5. The summed E-state index contributed by atoms with van der Waals surface area (Å²) in [6, 6.07) is 4.08. The topological polar surface area (TPSA) is 45.2 Å². The van der Waals surface area contributed by atoms with E-state index in [4.69, 9.17) is 0 Å². The van der Waals surface area contributed by atoms with Crippen molar-refractivity contribution in [2.24, 2.45) is 0 Å². The van der Waals surface area contributed by atoms with Crippen molar-refractivity contribution in [3.8, 4) is 0 Å². The van der Waals surface area contributed by atoms with E-state index in [1.54, 1.807) is 0 Å². The number of pyridine rings is 1. The van der Waals surface area contributed by atoms with Crippen LogP contribution in [-0.2, 0) is 11.3 Å². The molecule has 1 aromatic heterocycles. The molecule has 1 amide bonds. The summed E-state index contributed by atoms with van der Waals surface area (Å²) < 4.78 is 0. The van der Waals surface area contributed by atoms with E-state index >= 15 is 0 Å². The van der Waals surface area contributed by atoms with E-state index in [9.17, 15) is 4.79 Å². The number of carbonyl (C=O) groups is 1. The summed E-state index contributed by atoms with van der Waals surface area (Å²) in [5.74, 6) is 1.04. The zero-order chi connectivity index (χ0) is 14.4. The largest absolute Gasteiger partial charge is 0.357 e. The SMILES string of the molecule is CC/C=C(/C)C(=O)NCc1ccc(N2CCCC2)nc1. The third-order valence-corrected chi connectivity index (χ3v) is 3.56. The van der Waals surface area contributed by atoms with Gasteiger partial charge in [-0.3, -0.25) is 4.79 Å². The first-order chi connectivity index (χ1) is 9.70. The predicted molar refractivity (Wildman–Crippen MR) is 81.6 cm³/mol. The third kappa shape index (κ3) is 3.83. The predicted octanol–water partition coefficient (Wildman–Crippen LogP) is 2.65. The van der Waals surface area contributed by atoms with Crippen LogP contribution in [0.3, 0.4) is 0 Å². The van der Waals surface area contributed by atoms with Crippen LogP contribution in [0.15, 0.2) is 30.0 Å². The lowest BCUT2D eigenvalue weighted by atomic mass is 10.2. The smallest absolute Gasteiger partial charge is 0.246 e. The highest BCUT2D eigenvalue weighted by Gasteiger charge is 2.13. The number of anilines is 1. The number of rotatable bonds is 5. The van der Waals surface area contributed by atoms with Crippen molar-refractivity contribution < 1.29 is 4.79 Å². The van der Waals surface area contributed by atoms with Crippen LogP contribution >= 0.6 is 0 Å². The molecule has 0 bridgehead atoms. The van der Waals surface area contributed by atoms with E-state index in [0.29, 0.717) is 6.54 Å². The molecule has 0 saturated carbocycles. The maximum absolute atomic E-state index is 11.8. The van der Waals surface area contributed by atoms with Gasteiger partial charge in [0.15, 0.2) is 0 Å². The molecule has 0 spiro atoms. The Bertz CT molecular complexity index is 473.